The molecule has 7 nitrogen and oxygen atoms in total. The SMILES string of the molecule is CN1C(=O)C[C@H](C(=O)N2CCO[C@H](C(=O)O)C2)[C@H]1c1cccs1. The van der Waals surface area contributed by atoms with Crippen molar-refractivity contribution in [3.8, 4) is 0 Å². The molecule has 0 aliphatic carbocycles. The highest BCUT2D eigenvalue weighted by Gasteiger charge is 2.45. The molecular formula is C15H18N2O5S. The number of likely N-dealkylation sites (tertiary alicyclic amines) is 1. The molecular weight excluding hydrogens is 320 g/mol. The average Bonchev–Trinajstić information content (AvgIpc) is 3.16. The van der Waals surface area contributed by atoms with Crippen molar-refractivity contribution in [2.24, 2.45) is 5.92 Å². The van der Waals surface area contributed by atoms with Gasteiger partial charge in [0.15, 0.2) is 6.10 Å². The maximum Gasteiger partial charge on any atom is 0.334 e. The molecule has 2 fully saturated rings. The highest BCUT2D eigenvalue weighted by atomic mass is 32.1. The zero-order valence-electron chi connectivity index (χ0n) is 12.7. The summed E-state index contributed by atoms with van der Waals surface area (Å²) >= 11 is 1.52. The van der Waals surface area contributed by atoms with Gasteiger partial charge in [-0.1, -0.05) is 6.07 Å². The van der Waals surface area contributed by atoms with Crippen molar-refractivity contribution in [3.63, 3.8) is 0 Å². The number of nitrogens with zero attached hydrogens (tertiary/aromatic N) is 2. The fourth-order valence-corrected chi connectivity index (χ4v) is 4.11. The molecule has 0 saturated carbocycles. The summed E-state index contributed by atoms with van der Waals surface area (Å²) in [6.45, 7) is 0.580. The van der Waals surface area contributed by atoms with E-state index in [0.717, 1.165) is 4.88 Å². The second kappa shape index (κ2) is 6.29. The van der Waals surface area contributed by atoms with Gasteiger partial charge < -0.3 is 19.6 Å². The third kappa shape index (κ3) is 2.96. The highest BCUT2D eigenvalue weighted by molar-refractivity contribution is 7.10. The van der Waals surface area contributed by atoms with Crippen LogP contribution in [0.25, 0.3) is 0 Å². The van der Waals surface area contributed by atoms with Crippen molar-refractivity contribution in [2.75, 3.05) is 26.7 Å². The molecule has 0 bridgehead atoms. The van der Waals surface area contributed by atoms with Crippen LogP contribution < -0.4 is 0 Å². The lowest BCUT2D eigenvalue weighted by Crippen LogP contribution is -2.50. The second-order valence-corrected chi connectivity index (χ2v) is 6.74. The van der Waals surface area contributed by atoms with E-state index in [0.29, 0.717) is 6.54 Å². The van der Waals surface area contributed by atoms with Crippen LogP contribution in [0.1, 0.15) is 17.3 Å². The number of morpholine rings is 1. The van der Waals surface area contributed by atoms with E-state index in [1.54, 1.807) is 11.9 Å². The second-order valence-electron chi connectivity index (χ2n) is 5.76. The van der Waals surface area contributed by atoms with E-state index in [1.165, 1.54) is 16.2 Å². The number of aliphatic carboxylic acids is 1. The van der Waals surface area contributed by atoms with Gasteiger partial charge in [0.05, 0.1) is 25.1 Å². The summed E-state index contributed by atoms with van der Waals surface area (Å²) in [6.07, 6.45) is -0.838. The number of carboxylic acid groups (broad SMARTS) is 1. The van der Waals surface area contributed by atoms with Gasteiger partial charge in [-0.25, -0.2) is 4.79 Å². The summed E-state index contributed by atoms with van der Waals surface area (Å²) in [7, 11) is 1.71. The molecule has 2 saturated heterocycles. The molecule has 1 aromatic heterocycles. The Bertz CT molecular complexity index is 617. The Balaban J connectivity index is 1.80. The van der Waals surface area contributed by atoms with E-state index in [1.807, 2.05) is 17.5 Å². The molecule has 0 aromatic carbocycles. The Hall–Kier alpha value is -1.93. The van der Waals surface area contributed by atoms with Crippen LogP contribution in [0.5, 0.6) is 0 Å². The molecule has 8 heteroatoms. The predicted molar refractivity (Wildman–Crippen MR) is 81.9 cm³/mol. The van der Waals surface area contributed by atoms with Gasteiger partial charge in [0, 0.05) is 24.9 Å². The predicted octanol–water partition coefficient (Wildman–Crippen LogP) is 0.580. The average molecular weight is 338 g/mol. The number of carbonyl (C=O) groups excluding carboxylic acids is 2. The number of carbonyl (C=O) groups is 3. The van der Waals surface area contributed by atoms with Crippen LogP contribution in [-0.4, -0.2) is 65.5 Å². The van der Waals surface area contributed by atoms with Gasteiger partial charge in [0.1, 0.15) is 0 Å². The first kappa shape index (κ1) is 15.9. The van der Waals surface area contributed by atoms with Crippen LogP contribution in [0.15, 0.2) is 17.5 Å². The third-order valence-corrected chi connectivity index (χ3v) is 5.33. The molecule has 1 aromatic rings. The number of thiophene rings is 1. The van der Waals surface area contributed by atoms with Gasteiger partial charge >= 0.3 is 5.97 Å². The summed E-state index contributed by atoms with van der Waals surface area (Å²) in [5, 5.41) is 11.0. The van der Waals surface area contributed by atoms with Gasteiger partial charge in [0.25, 0.3) is 0 Å². The lowest BCUT2D eigenvalue weighted by atomic mass is 9.96. The fraction of sp³-hybridized carbons (Fsp3) is 0.533. The quantitative estimate of drug-likeness (QED) is 0.871. The molecule has 2 amide bonds. The lowest BCUT2D eigenvalue weighted by Gasteiger charge is -2.34. The Morgan fingerprint density at radius 1 is 1.43 bits per heavy atom. The molecule has 3 atom stereocenters. The van der Waals surface area contributed by atoms with E-state index in [-0.39, 0.29) is 37.4 Å². The molecule has 0 radical (unpaired) electrons. The van der Waals surface area contributed by atoms with E-state index in [4.69, 9.17) is 9.84 Å². The van der Waals surface area contributed by atoms with Gasteiger partial charge in [-0.3, -0.25) is 9.59 Å². The minimum absolute atomic E-state index is 0.0275. The molecule has 3 rings (SSSR count). The number of hydrogen-bond acceptors (Lipinski definition) is 5. The highest BCUT2D eigenvalue weighted by Crippen LogP contribution is 2.40. The zero-order valence-corrected chi connectivity index (χ0v) is 13.5. The van der Waals surface area contributed by atoms with Crippen LogP contribution in [0, 0.1) is 5.92 Å². The third-order valence-electron chi connectivity index (χ3n) is 4.39. The van der Waals surface area contributed by atoms with Crippen molar-refractivity contribution in [3.05, 3.63) is 22.4 Å². The largest absolute Gasteiger partial charge is 0.479 e. The van der Waals surface area contributed by atoms with Crippen molar-refractivity contribution in [2.45, 2.75) is 18.6 Å². The van der Waals surface area contributed by atoms with Gasteiger partial charge in [0.2, 0.25) is 11.8 Å². The first-order valence-corrected chi connectivity index (χ1v) is 8.29. The van der Waals surface area contributed by atoms with E-state index < -0.39 is 18.0 Å². The van der Waals surface area contributed by atoms with Gasteiger partial charge in [-0.15, -0.1) is 11.3 Å². The first-order valence-electron chi connectivity index (χ1n) is 7.41. The Labute approximate surface area is 137 Å². The van der Waals surface area contributed by atoms with E-state index in [9.17, 15) is 14.4 Å². The number of amides is 2. The molecule has 124 valence electrons. The lowest BCUT2D eigenvalue weighted by molar-refractivity contribution is -0.160. The van der Waals surface area contributed by atoms with Crippen LogP contribution in [0.3, 0.4) is 0 Å². The number of hydrogen-bond donors (Lipinski definition) is 1. The number of carboxylic acids is 1. The summed E-state index contributed by atoms with van der Waals surface area (Å²) < 4.78 is 5.16. The summed E-state index contributed by atoms with van der Waals surface area (Å²) in [6, 6.07) is 3.54. The van der Waals surface area contributed by atoms with Crippen LogP contribution >= 0.6 is 11.3 Å². The maximum atomic E-state index is 12.9. The van der Waals surface area contributed by atoms with Crippen LogP contribution in [0.2, 0.25) is 0 Å². The zero-order chi connectivity index (χ0) is 16.6. The smallest absolute Gasteiger partial charge is 0.334 e. The minimum atomic E-state index is -1.07. The molecule has 3 heterocycles. The summed E-state index contributed by atoms with van der Waals surface area (Å²) in [4.78, 5) is 40.1. The fourth-order valence-electron chi connectivity index (χ4n) is 3.17. The topological polar surface area (TPSA) is 87.2 Å². The van der Waals surface area contributed by atoms with Crippen LogP contribution in [0.4, 0.5) is 0 Å². The normalized spacial score (nSPS) is 28.2. The molecule has 0 unspecified atom stereocenters. The Kier molecular flexibility index (Phi) is 4.36. The summed E-state index contributed by atoms with van der Waals surface area (Å²) in [5.41, 5.74) is 0. The first-order chi connectivity index (χ1) is 11.0. The number of rotatable bonds is 3. The standard InChI is InChI=1S/C15H18N2O5S/c1-16-12(18)7-9(13(16)11-3-2-6-23-11)14(19)17-4-5-22-10(8-17)15(20)21/h2-3,6,9-10,13H,4-5,7-8H2,1H3,(H,20,21)/t9-,10-,13-/m0/s1. The molecule has 23 heavy (non-hydrogen) atoms. The van der Waals surface area contributed by atoms with Crippen molar-refractivity contribution in [1.29, 1.82) is 0 Å². The molecule has 1 N–H and O–H groups in total. The Morgan fingerprint density at radius 3 is 2.87 bits per heavy atom. The minimum Gasteiger partial charge on any atom is -0.479 e. The maximum absolute atomic E-state index is 12.9. The Morgan fingerprint density at radius 2 is 2.22 bits per heavy atom. The molecule has 0 spiro atoms. The molecule has 2 aliphatic rings. The summed E-state index contributed by atoms with van der Waals surface area (Å²) in [5.74, 6) is -1.78. The van der Waals surface area contributed by atoms with E-state index >= 15 is 0 Å². The monoisotopic (exact) mass is 338 g/mol. The van der Waals surface area contributed by atoms with Crippen molar-refractivity contribution >= 4 is 29.1 Å². The van der Waals surface area contributed by atoms with E-state index in [2.05, 4.69) is 0 Å². The van der Waals surface area contributed by atoms with Gasteiger partial charge in [-0.05, 0) is 11.4 Å². The van der Waals surface area contributed by atoms with Gasteiger partial charge in [-0.2, -0.15) is 0 Å². The van der Waals surface area contributed by atoms with Crippen molar-refractivity contribution in [1.82, 2.24) is 9.80 Å². The van der Waals surface area contributed by atoms with Crippen molar-refractivity contribution < 1.29 is 24.2 Å². The number of ether oxygens (including phenoxy) is 1. The molecule has 2 aliphatic heterocycles. The van der Waals surface area contributed by atoms with Crippen LogP contribution in [-0.2, 0) is 19.1 Å².